The molecule has 2 aromatic carbocycles. The minimum atomic E-state index is -3.72. The second-order valence-electron chi connectivity index (χ2n) is 6.17. The van der Waals surface area contributed by atoms with Crippen LogP contribution < -0.4 is 0 Å². The van der Waals surface area contributed by atoms with Crippen molar-refractivity contribution >= 4 is 21.6 Å². The van der Waals surface area contributed by atoms with Gasteiger partial charge in [0.25, 0.3) is 0 Å². The topological polar surface area (TPSA) is 76.3 Å². The molecule has 3 aromatic rings. The van der Waals surface area contributed by atoms with Crippen LogP contribution in [0.3, 0.4) is 0 Å². The number of nitrogens with zero attached hydrogens (tertiary/aromatic N) is 3. The summed E-state index contributed by atoms with van der Waals surface area (Å²) in [6.45, 7) is 0.601. The van der Waals surface area contributed by atoms with Crippen LogP contribution in [0.15, 0.2) is 70.4 Å². The summed E-state index contributed by atoms with van der Waals surface area (Å²) in [5.41, 5.74) is 1.04. The fourth-order valence-electron chi connectivity index (χ4n) is 3.40. The molecule has 1 aliphatic heterocycles. The Morgan fingerprint density at radius 2 is 1.69 bits per heavy atom. The molecule has 0 N–H and O–H groups in total. The van der Waals surface area contributed by atoms with E-state index in [1.54, 1.807) is 18.2 Å². The molecule has 0 amide bonds. The zero-order valence-corrected chi connectivity index (χ0v) is 15.3. The predicted octanol–water partition coefficient (Wildman–Crippen LogP) is 3.29. The van der Waals surface area contributed by atoms with E-state index in [1.165, 1.54) is 16.8 Å². The quantitative estimate of drug-likeness (QED) is 0.684. The van der Waals surface area contributed by atoms with Crippen molar-refractivity contribution in [1.82, 2.24) is 14.4 Å². The van der Waals surface area contributed by atoms with E-state index in [2.05, 4.69) is 10.1 Å². The van der Waals surface area contributed by atoms with Gasteiger partial charge in [0.05, 0.1) is 5.02 Å². The summed E-state index contributed by atoms with van der Waals surface area (Å²) < 4.78 is 32.6. The summed E-state index contributed by atoms with van der Waals surface area (Å²) in [7, 11) is -3.72. The molecule has 2 atom stereocenters. The van der Waals surface area contributed by atoms with Gasteiger partial charge in [-0.2, -0.15) is 9.29 Å². The normalized spacial score (nSPS) is 21.1. The first-order valence-electron chi connectivity index (χ1n) is 8.13. The Morgan fingerprint density at radius 1 is 1.00 bits per heavy atom. The molecule has 2 unspecified atom stereocenters. The first-order chi connectivity index (χ1) is 12.6. The lowest BCUT2D eigenvalue weighted by Gasteiger charge is -2.17. The number of hydrogen-bond donors (Lipinski definition) is 0. The van der Waals surface area contributed by atoms with Gasteiger partial charge in [-0.3, -0.25) is 0 Å². The highest BCUT2D eigenvalue weighted by molar-refractivity contribution is 7.89. The van der Waals surface area contributed by atoms with Crippen LogP contribution in [0.1, 0.15) is 23.2 Å². The lowest BCUT2D eigenvalue weighted by molar-refractivity contribution is 0.401. The predicted molar refractivity (Wildman–Crippen MR) is 96.4 cm³/mol. The molecule has 0 bridgehead atoms. The van der Waals surface area contributed by atoms with Gasteiger partial charge in [-0.15, -0.1) is 0 Å². The Balaban J connectivity index is 1.73. The van der Waals surface area contributed by atoms with Gasteiger partial charge in [0, 0.05) is 24.9 Å². The maximum atomic E-state index is 13.1. The van der Waals surface area contributed by atoms with Gasteiger partial charge in [-0.25, -0.2) is 8.42 Å². The molecule has 2 heterocycles. The molecular weight excluding hydrogens is 374 g/mol. The van der Waals surface area contributed by atoms with E-state index in [0.717, 1.165) is 5.56 Å². The summed E-state index contributed by atoms with van der Waals surface area (Å²) in [5, 5.41) is 4.16. The minimum Gasteiger partial charge on any atom is -0.343 e. The molecule has 0 radical (unpaired) electrons. The Bertz CT molecular complexity index is 994. The third kappa shape index (κ3) is 3.02. The smallest absolute Gasteiger partial charge is 0.244 e. The zero-order chi connectivity index (χ0) is 18.1. The number of sulfonamides is 1. The molecule has 0 saturated carbocycles. The second-order valence-corrected chi connectivity index (χ2v) is 8.48. The van der Waals surface area contributed by atoms with Gasteiger partial charge >= 0.3 is 0 Å². The number of aromatic nitrogens is 2. The highest BCUT2D eigenvalue weighted by Gasteiger charge is 2.43. The van der Waals surface area contributed by atoms with Crippen LogP contribution in [0, 0.1) is 0 Å². The van der Waals surface area contributed by atoms with Crippen LogP contribution >= 0.6 is 11.6 Å². The Morgan fingerprint density at radius 3 is 2.38 bits per heavy atom. The third-order valence-electron chi connectivity index (χ3n) is 4.68. The average Bonchev–Trinajstić information content (AvgIpc) is 3.32. The van der Waals surface area contributed by atoms with Crippen LogP contribution in [-0.4, -0.2) is 36.0 Å². The zero-order valence-electron chi connectivity index (χ0n) is 13.7. The Kier molecular flexibility index (Phi) is 4.52. The van der Waals surface area contributed by atoms with Crippen molar-refractivity contribution in [3.05, 3.63) is 77.4 Å². The summed E-state index contributed by atoms with van der Waals surface area (Å²) in [5.74, 6) is 0.259. The largest absolute Gasteiger partial charge is 0.343 e. The first-order valence-corrected chi connectivity index (χ1v) is 9.95. The molecule has 0 aliphatic carbocycles. The maximum absolute atomic E-state index is 13.1. The van der Waals surface area contributed by atoms with E-state index in [1.807, 2.05) is 30.3 Å². The van der Waals surface area contributed by atoms with Gasteiger partial charge in [0.1, 0.15) is 4.90 Å². The van der Waals surface area contributed by atoms with Gasteiger partial charge in [-0.1, -0.05) is 59.2 Å². The molecule has 1 aliphatic rings. The van der Waals surface area contributed by atoms with E-state index < -0.39 is 10.0 Å². The molecule has 1 aromatic heterocycles. The molecular formula is C18H16ClN3O3S. The second kappa shape index (κ2) is 6.83. The summed E-state index contributed by atoms with van der Waals surface area (Å²) in [6.07, 6.45) is 1.27. The lowest BCUT2D eigenvalue weighted by atomic mass is 9.88. The van der Waals surface area contributed by atoms with E-state index in [0.29, 0.717) is 12.4 Å². The van der Waals surface area contributed by atoms with Crippen molar-refractivity contribution in [2.45, 2.75) is 16.7 Å². The minimum absolute atomic E-state index is 0.0638. The fourth-order valence-corrected chi connectivity index (χ4v) is 5.38. The molecule has 1 fully saturated rings. The molecule has 26 heavy (non-hydrogen) atoms. The van der Waals surface area contributed by atoms with Crippen LogP contribution in [0.5, 0.6) is 0 Å². The molecule has 4 rings (SSSR count). The van der Waals surface area contributed by atoms with Crippen molar-refractivity contribution in [3.63, 3.8) is 0 Å². The summed E-state index contributed by atoms with van der Waals surface area (Å²) >= 11 is 6.13. The first kappa shape index (κ1) is 17.2. The van der Waals surface area contributed by atoms with Crippen molar-refractivity contribution in [1.29, 1.82) is 0 Å². The third-order valence-corrected chi connectivity index (χ3v) is 7.01. The van der Waals surface area contributed by atoms with E-state index in [9.17, 15) is 8.42 Å². The summed E-state index contributed by atoms with van der Waals surface area (Å²) in [4.78, 5) is 4.27. The highest BCUT2D eigenvalue weighted by Crippen LogP contribution is 2.41. The van der Waals surface area contributed by atoms with Gasteiger partial charge in [-0.05, 0) is 17.7 Å². The monoisotopic (exact) mass is 389 g/mol. The molecule has 1 saturated heterocycles. The average molecular weight is 390 g/mol. The maximum Gasteiger partial charge on any atom is 0.244 e. The van der Waals surface area contributed by atoms with Crippen LogP contribution in [0.4, 0.5) is 0 Å². The van der Waals surface area contributed by atoms with Gasteiger partial charge in [0.2, 0.25) is 16.4 Å². The van der Waals surface area contributed by atoms with Crippen molar-refractivity contribution in [3.8, 4) is 0 Å². The van der Waals surface area contributed by atoms with E-state index in [4.69, 9.17) is 16.1 Å². The number of rotatable bonds is 4. The van der Waals surface area contributed by atoms with E-state index >= 15 is 0 Å². The molecule has 0 spiro atoms. The van der Waals surface area contributed by atoms with Crippen LogP contribution in [-0.2, 0) is 10.0 Å². The number of benzene rings is 2. The molecule has 134 valence electrons. The Hall–Kier alpha value is -2.22. The van der Waals surface area contributed by atoms with E-state index in [-0.39, 0.29) is 28.3 Å². The van der Waals surface area contributed by atoms with Crippen LogP contribution in [0.2, 0.25) is 5.02 Å². The van der Waals surface area contributed by atoms with Crippen molar-refractivity contribution in [2.75, 3.05) is 13.1 Å². The van der Waals surface area contributed by atoms with Crippen LogP contribution in [0.25, 0.3) is 0 Å². The van der Waals surface area contributed by atoms with Crippen molar-refractivity contribution in [2.24, 2.45) is 0 Å². The number of hydrogen-bond acceptors (Lipinski definition) is 5. The molecule has 6 nitrogen and oxygen atoms in total. The Labute approximate surface area is 156 Å². The standard InChI is InChI=1S/C18H16ClN3O3S/c19-16-8-4-5-9-17(16)26(23,24)22-10-14(13-6-2-1-3-7-13)15(11-22)18-20-12-25-21-18/h1-9,12,14-15H,10-11H2. The van der Waals surface area contributed by atoms with Crippen molar-refractivity contribution < 1.29 is 12.9 Å². The number of halogens is 1. The summed E-state index contributed by atoms with van der Waals surface area (Å²) in [6, 6.07) is 16.3. The highest BCUT2D eigenvalue weighted by atomic mass is 35.5. The SMILES string of the molecule is O=S(=O)(c1ccccc1Cl)N1CC(c2ccccc2)C(c2ncon2)C1. The lowest BCUT2D eigenvalue weighted by Crippen LogP contribution is -2.29. The van der Waals surface area contributed by atoms with Gasteiger partial charge in [0.15, 0.2) is 5.82 Å². The molecule has 8 heteroatoms. The fraction of sp³-hybridized carbons (Fsp3) is 0.222. The van der Waals surface area contributed by atoms with Gasteiger partial charge < -0.3 is 4.52 Å².